The number of hydrogen-bond acceptors (Lipinski definition) is 7. The average molecular weight is 872 g/mol. The Labute approximate surface area is 390 Å². The summed E-state index contributed by atoms with van der Waals surface area (Å²) < 4.78 is 12.8. The van der Waals surface area contributed by atoms with Gasteiger partial charge in [-0.05, 0) is 53.1 Å². The molecule has 0 unspecified atom stereocenters. The van der Waals surface area contributed by atoms with Gasteiger partial charge in [0.15, 0.2) is 23.3 Å². The van der Waals surface area contributed by atoms with Crippen LogP contribution < -0.4 is 0 Å². The minimum absolute atomic E-state index is 0.540. The summed E-state index contributed by atoms with van der Waals surface area (Å²) in [7, 11) is 0. The molecule has 13 aromatic rings. The van der Waals surface area contributed by atoms with Gasteiger partial charge in [0, 0.05) is 54.9 Å². The van der Waals surface area contributed by atoms with Crippen molar-refractivity contribution in [2.24, 2.45) is 0 Å². The number of hydrogen-bond donors (Lipinski definition) is 0. The van der Waals surface area contributed by atoms with E-state index in [1.54, 1.807) is 0 Å². The van der Waals surface area contributed by atoms with E-state index < -0.39 is 0 Å². The van der Waals surface area contributed by atoms with Crippen molar-refractivity contribution in [1.29, 1.82) is 0 Å². The van der Waals surface area contributed by atoms with E-state index in [-0.39, 0.29) is 0 Å². The fraction of sp³-hybridized carbons (Fsp3) is 0. The van der Waals surface area contributed by atoms with Gasteiger partial charge in [-0.25, -0.2) is 24.9 Å². The van der Waals surface area contributed by atoms with Crippen molar-refractivity contribution in [3.05, 3.63) is 224 Å². The Morgan fingerprint density at radius 1 is 0.235 bits per heavy atom. The van der Waals surface area contributed by atoms with Crippen LogP contribution >= 0.6 is 0 Å². The molecule has 0 aliphatic carbocycles. The summed E-state index contributed by atoms with van der Waals surface area (Å²) in [6.07, 6.45) is 0. The predicted octanol–water partition coefficient (Wildman–Crippen LogP) is 15.8. The van der Waals surface area contributed by atoms with Crippen LogP contribution in [0.3, 0.4) is 0 Å². The maximum absolute atomic E-state index is 6.45. The van der Waals surface area contributed by atoms with Crippen molar-refractivity contribution in [3.8, 4) is 90.3 Å². The van der Waals surface area contributed by atoms with Gasteiger partial charge >= 0.3 is 0 Å². The summed E-state index contributed by atoms with van der Waals surface area (Å²) in [5.41, 5.74) is 14.6. The molecule has 9 aromatic carbocycles. The van der Waals surface area contributed by atoms with E-state index >= 15 is 0 Å². The van der Waals surface area contributed by atoms with Crippen LogP contribution in [-0.4, -0.2) is 24.9 Å². The van der Waals surface area contributed by atoms with Gasteiger partial charge in [-0.1, -0.05) is 188 Å². The molecule has 0 N–H and O–H groups in total. The number of nitrogens with zero attached hydrogens (tertiary/aromatic N) is 5. The second kappa shape index (κ2) is 16.3. The molecule has 0 radical (unpaired) electrons. The Kier molecular flexibility index (Phi) is 9.35. The first-order chi connectivity index (χ1) is 33.7. The third kappa shape index (κ3) is 6.98. The Morgan fingerprint density at radius 3 is 1.28 bits per heavy atom. The summed E-state index contributed by atoms with van der Waals surface area (Å²) in [6, 6.07) is 76.4. The maximum atomic E-state index is 6.45. The highest BCUT2D eigenvalue weighted by Crippen LogP contribution is 2.39. The average Bonchev–Trinajstić information content (AvgIpc) is 4.00. The monoisotopic (exact) mass is 871 g/mol. The molecule has 13 rings (SSSR count). The molecule has 7 nitrogen and oxygen atoms in total. The van der Waals surface area contributed by atoms with Crippen LogP contribution in [0.4, 0.5) is 0 Å². The molecule has 0 spiro atoms. The van der Waals surface area contributed by atoms with E-state index in [1.807, 2.05) is 103 Å². The largest absolute Gasteiger partial charge is 0.455 e. The van der Waals surface area contributed by atoms with E-state index in [0.717, 1.165) is 111 Å². The molecule has 0 bridgehead atoms. The lowest BCUT2D eigenvalue weighted by molar-refractivity contribution is 0.669. The number of para-hydroxylation sites is 4. The number of rotatable bonds is 8. The van der Waals surface area contributed by atoms with E-state index in [4.69, 9.17) is 33.8 Å². The highest BCUT2D eigenvalue weighted by Gasteiger charge is 2.19. The SMILES string of the molecule is c1ccc(-c2nc(-c3ccc(-c4cccc5c4oc4ccccc45)cc3)cc(-c3cccc(-c4cccc(-c5nc(-c6ccccc6)nc(-c6cccc7c6oc6ccccc67)n5)c4)c3)n2)cc1. The second-order valence-corrected chi connectivity index (χ2v) is 16.8. The zero-order valence-corrected chi connectivity index (χ0v) is 36.4. The van der Waals surface area contributed by atoms with Crippen LogP contribution in [0.1, 0.15) is 0 Å². The van der Waals surface area contributed by atoms with Gasteiger partial charge in [-0.15, -0.1) is 0 Å². The van der Waals surface area contributed by atoms with Crippen LogP contribution in [0.2, 0.25) is 0 Å². The smallest absolute Gasteiger partial charge is 0.167 e. The fourth-order valence-corrected chi connectivity index (χ4v) is 9.22. The van der Waals surface area contributed by atoms with Crippen molar-refractivity contribution >= 4 is 43.9 Å². The van der Waals surface area contributed by atoms with Gasteiger partial charge < -0.3 is 8.83 Å². The van der Waals surface area contributed by atoms with Crippen LogP contribution in [0.25, 0.3) is 134 Å². The topological polar surface area (TPSA) is 90.7 Å². The van der Waals surface area contributed by atoms with Gasteiger partial charge in [0.25, 0.3) is 0 Å². The van der Waals surface area contributed by atoms with E-state index in [0.29, 0.717) is 23.3 Å². The van der Waals surface area contributed by atoms with Crippen LogP contribution in [0.5, 0.6) is 0 Å². The van der Waals surface area contributed by atoms with Crippen molar-refractivity contribution in [3.63, 3.8) is 0 Å². The molecule has 0 aliphatic heterocycles. The molecule has 0 amide bonds. The third-order valence-electron chi connectivity index (χ3n) is 12.6. The third-order valence-corrected chi connectivity index (χ3v) is 12.6. The second-order valence-electron chi connectivity index (χ2n) is 16.8. The molecular formula is C61H37N5O2. The molecule has 0 saturated heterocycles. The molecular weight excluding hydrogens is 835 g/mol. The maximum Gasteiger partial charge on any atom is 0.167 e. The number of aromatic nitrogens is 5. The van der Waals surface area contributed by atoms with Crippen LogP contribution in [0, 0.1) is 0 Å². The lowest BCUT2D eigenvalue weighted by atomic mass is 9.98. The Bertz CT molecular complexity index is 4030. The lowest BCUT2D eigenvalue weighted by Crippen LogP contribution is -2.00. The fourth-order valence-electron chi connectivity index (χ4n) is 9.22. The first-order valence-electron chi connectivity index (χ1n) is 22.6. The van der Waals surface area contributed by atoms with Crippen molar-refractivity contribution in [1.82, 2.24) is 24.9 Å². The summed E-state index contributed by atoms with van der Waals surface area (Å²) >= 11 is 0. The van der Waals surface area contributed by atoms with E-state index in [9.17, 15) is 0 Å². The van der Waals surface area contributed by atoms with E-state index in [2.05, 4.69) is 121 Å². The number of furan rings is 2. The van der Waals surface area contributed by atoms with Gasteiger partial charge in [0.2, 0.25) is 0 Å². The van der Waals surface area contributed by atoms with Gasteiger partial charge in [-0.2, -0.15) is 0 Å². The van der Waals surface area contributed by atoms with Gasteiger partial charge in [-0.3, -0.25) is 0 Å². The highest BCUT2D eigenvalue weighted by molar-refractivity contribution is 6.10. The lowest BCUT2D eigenvalue weighted by Gasteiger charge is -2.12. The molecule has 0 fully saturated rings. The van der Waals surface area contributed by atoms with Gasteiger partial charge in [0.1, 0.15) is 22.3 Å². The Hall–Kier alpha value is -9.33. The highest BCUT2D eigenvalue weighted by atomic mass is 16.3. The zero-order chi connectivity index (χ0) is 45.0. The minimum Gasteiger partial charge on any atom is -0.455 e. The predicted molar refractivity (Wildman–Crippen MR) is 273 cm³/mol. The quantitative estimate of drug-likeness (QED) is 0.150. The molecule has 4 heterocycles. The van der Waals surface area contributed by atoms with Gasteiger partial charge in [0.05, 0.1) is 17.0 Å². The molecule has 0 atom stereocenters. The minimum atomic E-state index is 0.540. The van der Waals surface area contributed by atoms with Crippen molar-refractivity contribution < 1.29 is 8.83 Å². The summed E-state index contributed by atoms with van der Waals surface area (Å²) in [4.78, 5) is 25.6. The first kappa shape index (κ1) is 39.1. The van der Waals surface area contributed by atoms with E-state index in [1.165, 1.54) is 0 Å². The standard InChI is InChI=1S/C61H37N5O2/c1-3-15-40(16-4-1)58-62-52(39-33-31-38(32-34-39)46-25-13-26-49-47-23-7-9-29-54(47)67-56(46)49)37-53(63-58)44-21-11-19-42(35-44)43-20-12-22-45(36-43)60-64-59(41-17-5-2-6-18-41)65-61(66-60)51-28-14-27-50-48-24-8-10-30-55(48)68-57(50)51/h1-37H. The summed E-state index contributed by atoms with van der Waals surface area (Å²) in [5.74, 6) is 2.34. The summed E-state index contributed by atoms with van der Waals surface area (Å²) in [6.45, 7) is 0. The first-order valence-corrected chi connectivity index (χ1v) is 22.6. The molecule has 4 aromatic heterocycles. The number of benzene rings is 9. The zero-order valence-electron chi connectivity index (χ0n) is 36.4. The van der Waals surface area contributed by atoms with Crippen LogP contribution in [-0.2, 0) is 0 Å². The molecule has 0 saturated carbocycles. The molecule has 68 heavy (non-hydrogen) atoms. The molecule has 0 aliphatic rings. The molecule has 318 valence electrons. The number of fused-ring (bicyclic) bond motifs is 6. The summed E-state index contributed by atoms with van der Waals surface area (Å²) in [5, 5.41) is 4.28. The Morgan fingerprint density at radius 2 is 0.647 bits per heavy atom. The molecule has 7 heteroatoms. The normalized spacial score (nSPS) is 11.5. The van der Waals surface area contributed by atoms with Crippen molar-refractivity contribution in [2.45, 2.75) is 0 Å². The van der Waals surface area contributed by atoms with Crippen molar-refractivity contribution in [2.75, 3.05) is 0 Å². The Balaban J connectivity index is 0.880. The van der Waals surface area contributed by atoms with Crippen LogP contribution in [0.15, 0.2) is 233 Å².